The van der Waals surface area contributed by atoms with Crippen LogP contribution in [0.2, 0.25) is 0 Å². The van der Waals surface area contributed by atoms with Gasteiger partial charge in [0.15, 0.2) is 5.78 Å². The molecule has 0 unspecified atom stereocenters. The van der Waals surface area contributed by atoms with Gasteiger partial charge in [0, 0.05) is 5.56 Å². The van der Waals surface area contributed by atoms with E-state index in [4.69, 9.17) is 4.74 Å². The third-order valence-electron chi connectivity index (χ3n) is 1.90. The average Bonchev–Trinajstić information content (AvgIpc) is 2.15. The summed E-state index contributed by atoms with van der Waals surface area (Å²) in [6.45, 7) is 1.41. The van der Waals surface area contributed by atoms with Crippen molar-refractivity contribution >= 4 is 21.5 Å². The molecule has 0 atom stereocenters. The fourth-order valence-electron chi connectivity index (χ4n) is 1.21. The van der Waals surface area contributed by atoms with Crippen LogP contribution in [0.3, 0.4) is 0 Å². The third kappa shape index (κ3) is 3.23. The Morgan fingerprint density at radius 2 is 2.00 bits per heavy atom. The third-order valence-corrected chi connectivity index (χ3v) is 2.49. The summed E-state index contributed by atoms with van der Waals surface area (Å²) >= 11 is 0. The van der Waals surface area contributed by atoms with Crippen LogP contribution in [0.5, 0.6) is 5.75 Å². The summed E-state index contributed by atoms with van der Waals surface area (Å²) in [5.74, 6) is 0.231. The number of nitrogens with one attached hydrogen (secondary N) is 1. The van der Waals surface area contributed by atoms with Crippen molar-refractivity contribution < 1.29 is 17.9 Å². The zero-order chi connectivity index (χ0) is 12.3. The Bertz CT molecular complexity index is 508. The van der Waals surface area contributed by atoms with Crippen molar-refractivity contribution in [2.75, 3.05) is 18.1 Å². The van der Waals surface area contributed by atoms with E-state index in [1.54, 1.807) is 12.1 Å². The Kier molecular flexibility index (Phi) is 3.54. The zero-order valence-corrected chi connectivity index (χ0v) is 10.1. The van der Waals surface area contributed by atoms with Gasteiger partial charge in [0.2, 0.25) is 10.0 Å². The molecular weight excluding hydrogens is 230 g/mol. The van der Waals surface area contributed by atoms with Crippen LogP contribution in [0.4, 0.5) is 5.69 Å². The topological polar surface area (TPSA) is 72.5 Å². The summed E-state index contributed by atoms with van der Waals surface area (Å²) in [5.41, 5.74) is 0.685. The predicted octanol–water partition coefficient (Wildman–Crippen LogP) is 1.27. The quantitative estimate of drug-likeness (QED) is 0.808. The minimum atomic E-state index is -3.39. The smallest absolute Gasteiger partial charge is 0.229 e. The van der Waals surface area contributed by atoms with Gasteiger partial charge in [-0.2, -0.15) is 0 Å². The molecule has 1 aromatic carbocycles. The van der Waals surface area contributed by atoms with Gasteiger partial charge in [-0.3, -0.25) is 9.52 Å². The maximum absolute atomic E-state index is 11.1. The van der Waals surface area contributed by atoms with E-state index in [-0.39, 0.29) is 11.5 Å². The molecule has 0 heterocycles. The van der Waals surface area contributed by atoms with Crippen molar-refractivity contribution in [3.63, 3.8) is 0 Å². The fourth-order valence-corrected chi connectivity index (χ4v) is 1.77. The molecule has 0 amide bonds. The van der Waals surface area contributed by atoms with E-state index in [1.807, 2.05) is 0 Å². The summed E-state index contributed by atoms with van der Waals surface area (Å²) in [7, 11) is -1.97. The number of hydrogen-bond acceptors (Lipinski definition) is 4. The number of methoxy groups -OCH3 is 1. The molecule has 16 heavy (non-hydrogen) atoms. The van der Waals surface area contributed by atoms with Crippen LogP contribution in [-0.2, 0) is 10.0 Å². The Morgan fingerprint density at radius 3 is 2.44 bits per heavy atom. The van der Waals surface area contributed by atoms with Gasteiger partial charge in [-0.1, -0.05) is 0 Å². The number of ketones is 1. The maximum Gasteiger partial charge on any atom is 0.229 e. The van der Waals surface area contributed by atoms with E-state index < -0.39 is 10.0 Å². The number of carbonyl (C=O) groups is 1. The molecular formula is C10H13NO4S. The average molecular weight is 243 g/mol. The Balaban J connectivity index is 3.22. The molecule has 0 saturated heterocycles. The molecule has 1 aromatic rings. The van der Waals surface area contributed by atoms with Gasteiger partial charge >= 0.3 is 0 Å². The molecule has 0 spiro atoms. The number of Topliss-reactive ketones (excluding diaryl/α,β-unsaturated/α-hetero) is 1. The van der Waals surface area contributed by atoms with Gasteiger partial charge in [-0.05, 0) is 25.1 Å². The summed E-state index contributed by atoms with van der Waals surface area (Å²) < 4.78 is 29.5. The molecule has 1 N–H and O–H groups in total. The van der Waals surface area contributed by atoms with Crippen LogP contribution in [-0.4, -0.2) is 27.6 Å². The van der Waals surface area contributed by atoms with E-state index in [1.165, 1.54) is 20.1 Å². The van der Waals surface area contributed by atoms with E-state index in [0.29, 0.717) is 11.3 Å². The number of ether oxygens (including phenoxy) is 1. The summed E-state index contributed by atoms with van der Waals surface area (Å²) in [4.78, 5) is 11.1. The molecule has 0 aliphatic heterocycles. The number of sulfonamides is 1. The van der Waals surface area contributed by atoms with Gasteiger partial charge in [0.25, 0.3) is 0 Å². The normalized spacial score (nSPS) is 10.9. The number of carbonyl (C=O) groups excluding carboxylic acids is 1. The molecule has 1 rings (SSSR count). The second kappa shape index (κ2) is 4.52. The number of hydrogen-bond donors (Lipinski definition) is 1. The highest BCUT2D eigenvalue weighted by molar-refractivity contribution is 7.92. The van der Waals surface area contributed by atoms with Crippen LogP contribution in [0.15, 0.2) is 18.2 Å². The van der Waals surface area contributed by atoms with Crippen molar-refractivity contribution in [2.24, 2.45) is 0 Å². The van der Waals surface area contributed by atoms with Gasteiger partial charge in [-0.15, -0.1) is 0 Å². The van der Waals surface area contributed by atoms with Gasteiger partial charge < -0.3 is 4.74 Å². The Hall–Kier alpha value is -1.56. The lowest BCUT2D eigenvalue weighted by atomic mass is 10.1. The second-order valence-electron chi connectivity index (χ2n) is 3.35. The van der Waals surface area contributed by atoms with Gasteiger partial charge in [-0.25, -0.2) is 8.42 Å². The van der Waals surface area contributed by atoms with Crippen molar-refractivity contribution in [3.8, 4) is 5.75 Å². The van der Waals surface area contributed by atoms with E-state index in [0.717, 1.165) is 6.26 Å². The van der Waals surface area contributed by atoms with Crippen LogP contribution < -0.4 is 9.46 Å². The Labute approximate surface area is 94.5 Å². The minimum Gasteiger partial charge on any atom is -0.495 e. The van der Waals surface area contributed by atoms with Crippen LogP contribution >= 0.6 is 0 Å². The van der Waals surface area contributed by atoms with E-state index in [9.17, 15) is 13.2 Å². The highest BCUT2D eigenvalue weighted by Gasteiger charge is 2.10. The zero-order valence-electron chi connectivity index (χ0n) is 9.27. The summed E-state index contributed by atoms with van der Waals surface area (Å²) in [6.07, 6.45) is 1.03. The van der Waals surface area contributed by atoms with Crippen molar-refractivity contribution in [2.45, 2.75) is 6.92 Å². The highest BCUT2D eigenvalue weighted by atomic mass is 32.2. The molecule has 88 valence electrons. The summed E-state index contributed by atoms with van der Waals surface area (Å²) in [6, 6.07) is 4.57. The first-order chi connectivity index (χ1) is 7.33. The molecule has 5 nitrogen and oxygen atoms in total. The van der Waals surface area contributed by atoms with E-state index in [2.05, 4.69) is 4.72 Å². The molecule has 0 radical (unpaired) electrons. The first-order valence-electron chi connectivity index (χ1n) is 4.50. The van der Waals surface area contributed by atoms with Gasteiger partial charge in [0.1, 0.15) is 5.75 Å². The van der Waals surface area contributed by atoms with Crippen molar-refractivity contribution in [1.29, 1.82) is 0 Å². The first kappa shape index (κ1) is 12.5. The van der Waals surface area contributed by atoms with E-state index >= 15 is 0 Å². The number of anilines is 1. The minimum absolute atomic E-state index is 0.140. The molecule has 0 aromatic heterocycles. The SMILES string of the molecule is COc1ccc(C(C)=O)cc1NS(C)(=O)=O. The van der Waals surface area contributed by atoms with Crippen LogP contribution in [0.25, 0.3) is 0 Å². The summed E-state index contributed by atoms with van der Waals surface area (Å²) in [5, 5.41) is 0. The lowest BCUT2D eigenvalue weighted by Crippen LogP contribution is -2.11. The predicted molar refractivity (Wildman–Crippen MR) is 61.5 cm³/mol. The second-order valence-corrected chi connectivity index (χ2v) is 5.09. The molecule has 6 heteroatoms. The molecule has 0 saturated carbocycles. The largest absolute Gasteiger partial charge is 0.495 e. The fraction of sp³-hybridized carbons (Fsp3) is 0.300. The molecule has 0 fully saturated rings. The molecule has 0 aliphatic rings. The van der Waals surface area contributed by atoms with Crippen LogP contribution in [0, 0.1) is 0 Å². The Morgan fingerprint density at radius 1 is 1.38 bits per heavy atom. The molecule has 0 aliphatic carbocycles. The molecule has 0 bridgehead atoms. The highest BCUT2D eigenvalue weighted by Crippen LogP contribution is 2.26. The standard InChI is InChI=1S/C10H13NO4S/c1-7(12)8-4-5-10(15-2)9(6-8)11-16(3,13)14/h4-6,11H,1-3H3. The van der Waals surface area contributed by atoms with Crippen molar-refractivity contribution in [1.82, 2.24) is 0 Å². The van der Waals surface area contributed by atoms with Gasteiger partial charge in [0.05, 0.1) is 19.1 Å². The van der Waals surface area contributed by atoms with Crippen molar-refractivity contribution in [3.05, 3.63) is 23.8 Å². The first-order valence-corrected chi connectivity index (χ1v) is 6.39. The monoisotopic (exact) mass is 243 g/mol. The lowest BCUT2D eigenvalue weighted by molar-refractivity contribution is 0.101. The number of rotatable bonds is 4. The maximum atomic E-state index is 11.1. The van der Waals surface area contributed by atoms with Crippen LogP contribution in [0.1, 0.15) is 17.3 Å². The number of benzene rings is 1. The lowest BCUT2D eigenvalue weighted by Gasteiger charge is -2.10.